The molecular formula is C14H19N3O3. The van der Waals surface area contributed by atoms with Gasteiger partial charge >= 0.3 is 0 Å². The largest absolute Gasteiger partial charge is 0.379 e. The van der Waals surface area contributed by atoms with Crippen molar-refractivity contribution in [2.24, 2.45) is 0 Å². The minimum atomic E-state index is -0.422. The number of hydrogen-bond donors (Lipinski definition) is 1. The summed E-state index contributed by atoms with van der Waals surface area (Å²) in [7, 11) is 0. The van der Waals surface area contributed by atoms with Gasteiger partial charge in [-0.25, -0.2) is 0 Å². The highest BCUT2D eigenvalue weighted by molar-refractivity contribution is 5.77. The molecule has 0 spiro atoms. The van der Waals surface area contributed by atoms with Gasteiger partial charge in [0.25, 0.3) is 5.69 Å². The van der Waals surface area contributed by atoms with E-state index in [4.69, 9.17) is 0 Å². The standard InChI is InChI=1S/C14H19N3O3/c18-14(16-10-4-1-5-11-16)8-9-15-12-6-2-3-7-13(12)17(19)20/h2-3,6-7,15H,1,4-5,8-11H2. The summed E-state index contributed by atoms with van der Waals surface area (Å²) < 4.78 is 0. The first-order valence-electron chi connectivity index (χ1n) is 6.93. The second-order valence-electron chi connectivity index (χ2n) is 4.89. The average Bonchev–Trinajstić information content (AvgIpc) is 2.48. The van der Waals surface area contributed by atoms with Gasteiger partial charge in [-0.15, -0.1) is 0 Å². The highest BCUT2D eigenvalue weighted by Gasteiger charge is 2.16. The van der Waals surface area contributed by atoms with Gasteiger partial charge in [0.05, 0.1) is 4.92 Å². The first-order chi connectivity index (χ1) is 9.68. The van der Waals surface area contributed by atoms with Crippen LogP contribution in [0.4, 0.5) is 11.4 Å². The van der Waals surface area contributed by atoms with Gasteiger partial charge in [0, 0.05) is 32.1 Å². The van der Waals surface area contributed by atoms with E-state index in [1.807, 2.05) is 4.90 Å². The lowest BCUT2D eigenvalue weighted by Crippen LogP contribution is -2.36. The van der Waals surface area contributed by atoms with Crippen molar-refractivity contribution in [1.29, 1.82) is 0 Å². The molecular weight excluding hydrogens is 258 g/mol. The normalized spacial score (nSPS) is 14.9. The van der Waals surface area contributed by atoms with Crippen LogP contribution in [-0.4, -0.2) is 35.4 Å². The number of nitrogens with one attached hydrogen (secondary N) is 1. The molecule has 1 saturated heterocycles. The summed E-state index contributed by atoms with van der Waals surface area (Å²) in [5.74, 6) is 0.121. The molecule has 0 bridgehead atoms. The summed E-state index contributed by atoms with van der Waals surface area (Å²) >= 11 is 0. The zero-order valence-electron chi connectivity index (χ0n) is 11.4. The molecule has 2 rings (SSSR count). The van der Waals surface area contributed by atoms with Crippen LogP contribution in [0, 0.1) is 10.1 Å². The Bertz CT molecular complexity index is 484. The Morgan fingerprint density at radius 2 is 1.95 bits per heavy atom. The molecule has 1 N–H and O–H groups in total. The van der Waals surface area contributed by atoms with E-state index in [0.29, 0.717) is 18.7 Å². The van der Waals surface area contributed by atoms with Gasteiger partial charge in [-0.05, 0) is 25.3 Å². The molecule has 108 valence electrons. The Kier molecular flexibility index (Phi) is 4.92. The van der Waals surface area contributed by atoms with Gasteiger partial charge in [0.15, 0.2) is 0 Å². The van der Waals surface area contributed by atoms with Crippen molar-refractivity contribution in [3.63, 3.8) is 0 Å². The van der Waals surface area contributed by atoms with E-state index >= 15 is 0 Å². The quantitative estimate of drug-likeness (QED) is 0.662. The number of rotatable bonds is 5. The molecule has 6 heteroatoms. The highest BCUT2D eigenvalue weighted by Crippen LogP contribution is 2.23. The van der Waals surface area contributed by atoms with Crippen LogP contribution < -0.4 is 5.32 Å². The van der Waals surface area contributed by atoms with E-state index < -0.39 is 4.92 Å². The Morgan fingerprint density at radius 3 is 2.65 bits per heavy atom. The zero-order valence-corrected chi connectivity index (χ0v) is 11.4. The molecule has 1 aliphatic rings. The Balaban J connectivity index is 1.83. The SMILES string of the molecule is O=C(CCNc1ccccc1[N+](=O)[O-])N1CCCCC1. The van der Waals surface area contributed by atoms with E-state index in [0.717, 1.165) is 25.9 Å². The lowest BCUT2D eigenvalue weighted by atomic mass is 10.1. The fraction of sp³-hybridized carbons (Fsp3) is 0.500. The number of nitrogens with zero attached hydrogens (tertiary/aromatic N) is 2. The van der Waals surface area contributed by atoms with Gasteiger partial charge in [-0.3, -0.25) is 14.9 Å². The Hall–Kier alpha value is -2.11. The predicted octanol–water partition coefficient (Wildman–Crippen LogP) is 2.41. The number of hydrogen-bond acceptors (Lipinski definition) is 4. The first-order valence-corrected chi connectivity index (χ1v) is 6.93. The first kappa shape index (κ1) is 14.3. The number of nitro benzene ring substituents is 1. The summed E-state index contributed by atoms with van der Waals surface area (Å²) in [5.41, 5.74) is 0.502. The van der Waals surface area contributed by atoms with Crippen LogP contribution in [0.15, 0.2) is 24.3 Å². The third kappa shape index (κ3) is 3.69. The summed E-state index contributed by atoms with van der Waals surface area (Å²) in [6.07, 6.45) is 3.71. The van der Waals surface area contributed by atoms with E-state index in [2.05, 4.69) is 5.32 Å². The van der Waals surface area contributed by atoms with Crippen LogP contribution in [0.1, 0.15) is 25.7 Å². The molecule has 0 aliphatic carbocycles. The number of amides is 1. The van der Waals surface area contributed by atoms with Crippen LogP contribution >= 0.6 is 0 Å². The molecule has 1 aromatic carbocycles. The maximum atomic E-state index is 12.0. The molecule has 1 heterocycles. The van der Waals surface area contributed by atoms with E-state index in [-0.39, 0.29) is 11.6 Å². The van der Waals surface area contributed by atoms with Crippen molar-refractivity contribution in [3.8, 4) is 0 Å². The fourth-order valence-electron chi connectivity index (χ4n) is 2.39. The van der Waals surface area contributed by atoms with Crippen molar-refractivity contribution in [3.05, 3.63) is 34.4 Å². The molecule has 20 heavy (non-hydrogen) atoms. The monoisotopic (exact) mass is 277 g/mol. The Morgan fingerprint density at radius 1 is 1.25 bits per heavy atom. The number of nitro groups is 1. The maximum absolute atomic E-state index is 12.0. The van der Waals surface area contributed by atoms with Crippen molar-refractivity contribution in [1.82, 2.24) is 4.90 Å². The van der Waals surface area contributed by atoms with Crippen LogP contribution in [0.25, 0.3) is 0 Å². The summed E-state index contributed by atoms with van der Waals surface area (Å²) in [6, 6.07) is 6.47. The summed E-state index contributed by atoms with van der Waals surface area (Å²) in [4.78, 5) is 24.3. The Labute approximate surface area is 117 Å². The molecule has 0 aromatic heterocycles. The second-order valence-corrected chi connectivity index (χ2v) is 4.89. The minimum Gasteiger partial charge on any atom is -0.379 e. The average molecular weight is 277 g/mol. The van der Waals surface area contributed by atoms with Crippen molar-refractivity contribution < 1.29 is 9.72 Å². The van der Waals surface area contributed by atoms with E-state index in [1.54, 1.807) is 18.2 Å². The van der Waals surface area contributed by atoms with Crippen LogP contribution in [0.2, 0.25) is 0 Å². The van der Waals surface area contributed by atoms with Gasteiger partial charge < -0.3 is 10.2 Å². The maximum Gasteiger partial charge on any atom is 0.292 e. The van der Waals surface area contributed by atoms with Crippen LogP contribution in [0.3, 0.4) is 0 Å². The topological polar surface area (TPSA) is 75.5 Å². The van der Waals surface area contributed by atoms with Crippen LogP contribution in [-0.2, 0) is 4.79 Å². The fourth-order valence-corrected chi connectivity index (χ4v) is 2.39. The number of benzene rings is 1. The van der Waals surface area contributed by atoms with Gasteiger partial charge in [-0.2, -0.15) is 0 Å². The predicted molar refractivity (Wildman–Crippen MR) is 76.6 cm³/mol. The zero-order chi connectivity index (χ0) is 14.4. The minimum absolute atomic E-state index is 0.0397. The number of carbonyl (C=O) groups excluding carboxylic acids is 1. The van der Waals surface area contributed by atoms with Crippen LogP contribution in [0.5, 0.6) is 0 Å². The molecule has 1 aliphatic heterocycles. The van der Waals surface area contributed by atoms with E-state index in [9.17, 15) is 14.9 Å². The molecule has 0 atom stereocenters. The molecule has 6 nitrogen and oxygen atoms in total. The molecule has 0 radical (unpaired) electrons. The smallest absolute Gasteiger partial charge is 0.292 e. The highest BCUT2D eigenvalue weighted by atomic mass is 16.6. The van der Waals surface area contributed by atoms with Crippen molar-refractivity contribution in [2.75, 3.05) is 25.0 Å². The third-order valence-corrected chi connectivity index (χ3v) is 3.46. The lowest BCUT2D eigenvalue weighted by molar-refractivity contribution is -0.384. The molecule has 1 amide bonds. The molecule has 0 unspecified atom stereocenters. The van der Waals surface area contributed by atoms with Gasteiger partial charge in [0.1, 0.15) is 5.69 Å². The lowest BCUT2D eigenvalue weighted by Gasteiger charge is -2.26. The second kappa shape index (κ2) is 6.88. The summed E-state index contributed by atoms with van der Waals surface area (Å²) in [5, 5.41) is 13.8. The number of anilines is 1. The van der Waals surface area contributed by atoms with E-state index in [1.165, 1.54) is 12.5 Å². The number of piperidine rings is 1. The molecule has 0 saturated carbocycles. The molecule has 1 fully saturated rings. The summed E-state index contributed by atoms with van der Waals surface area (Å²) in [6.45, 7) is 2.09. The van der Waals surface area contributed by atoms with Crippen molar-refractivity contribution in [2.45, 2.75) is 25.7 Å². The van der Waals surface area contributed by atoms with Crippen molar-refractivity contribution >= 4 is 17.3 Å². The van der Waals surface area contributed by atoms with Gasteiger partial charge in [0.2, 0.25) is 5.91 Å². The number of likely N-dealkylation sites (tertiary alicyclic amines) is 1. The number of carbonyl (C=O) groups is 1. The molecule has 1 aromatic rings. The van der Waals surface area contributed by atoms with Gasteiger partial charge in [-0.1, -0.05) is 12.1 Å². The number of para-hydroxylation sites is 2. The third-order valence-electron chi connectivity index (χ3n) is 3.46.